The number of hydrogen-bond acceptors (Lipinski definition) is 1. The molecule has 7 heavy (non-hydrogen) atoms. The topological polar surface area (TPSA) is 23.8 Å². The maximum atomic E-state index is 8.21. The van der Waals surface area contributed by atoms with Crippen LogP contribution in [0.15, 0.2) is 0 Å². The van der Waals surface area contributed by atoms with Gasteiger partial charge in [-0.3, -0.25) is 0 Å². The molecule has 40 valence electrons. The quantitative estimate of drug-likeness (QED) is 0.498. The molecule has 0 aromatic rings. The van der Waals surface area contributed by atoms with Crippen LogP contribution in [-0.2, 0) is 0 Å². The lowest BCUT2D eigenvalue weighted by atomic mass is 10.2. The van der Waals surface area contributed by atoms with Gasteiger partial charge < -0.3 is 0 Å². The second kappa shape index (κ2) is 2.73. The minimum absolute atomic E-state index is 0.652. The highest BCUT2D eigenvalue weighted by molar-refractivity contribution is 14.1. The molecule has 0 bridgehead atoms. The summed E-state index contributed by atoms with van der Waals surface area (Å²) in [6, 6.07) is 1.95. The van der Waals surface area contributed by atoms with Crippen LogP contribution in [0.4, 0.5) is 0 Å². The third-order valence-electron chi connectivity index (χ3n) is 0.484. The normalized spacial score (nSPS) is 17.4. The van der Waals surface area contributed by atoms with E-state index in [0.717, 1.165) is 0 Å². The third-order valence-corrected chi connectivity index (χ3v) is 2.68. The molecule has 1 atom stereocenters. The smallest absolute Gasteiger partial charge is 0.137 e. The molecule has 3 heteroatoms. The van der Waals surface area contributed by atoms with Gasteiger partial charge in [-0.2, -0.15) is 5.26 Å². The van der Waals surface area contributed by atoms with Gasteiger partial charge in [-0.1, -0.05) is 22.6 Å². The Balaban J connectivity index is 3.66. The number of halogens is 2. The number of rotatable bonds is 1. The minimum Gasteiger partial charge on any atom is -0.196 e. The van der Waals surface area contributed by atoms with E-state index >= 15 is 0 Å². The Kier molecular flexibility index (Phi) is 2.93. The maximum Gasteiger partial charge on any atom is 0.137 e. The monoisotopic (exact) mass is 229 g/mol. The van der Waals surface area contributed by atoms with E-state index in [1.54, 1.807) is 6.92 Å². The van der Waals surface area contributed by atoms with Crippen LogP contribution in [-0.4, -0.2) is 9.30 Å². The first kappa shape index (κ1) is 7.51. The lowest BCUT2D eigenvalue weighted by molar-refractivity contribution is 0.929. The molecule has 0 spiro atoms. The predicted molar refractivity (Wildman–Crippen MR) is 38.8 cm³/mol. The zero-order chi connectivity index (χ0) is 5.91. The van der Waals surface area contributed by atoms with Gasteiger partial charge in [0, 0.05) is 4.43 Å². The lowest BCUT2D eigenvalue weighted by Gasteiger charge is -2.04. The standard InChI is InChI=1S/C4H5ClIN/c1-4(5,2-6)3-7/h2H2,1H3/t4-/m1/s1. The molecule has 0 aliphatic carbocycles. The molecule has 0 radical (unpaired) electrons. The van der Waals surface area contributed by atoms with Crippen LogP contribution < -0.4 is 0 Å². The van der Waals surface area contributed by atoms with Crippen LogP contribution in [0.1, 0.15) is 6.92 Å². The Bertz CT molecular complexity index is 94.4. The summed E-state index contributed by atoms with van der Waals surface area (Å²) in [6.45, 7) is 1.70. The Morgan fingerprint density at radius 3 is 2.43 bits per heavy atom. The largest absolute Gasteiger partial charge is 0.196 e. The average molecular weight is 229 g/mol. The van der Waals surface area contributed by atoms with Crippen molar-refractivity contribution in [2.45, 2.75) is 11.8 Å². The molecule has 0 fully saturated rings. The van der Waals surface area contributed by atoms with Crippen molar-refractivity contribution in [3.8, 4) is 6.07 Å². The summed E-state index contributed by atoms with van der Waals surface area (Å²) in [5.41, 5.74) is 0. The highest BCUT2D eigenvalue weighted by Crippen LogP contribution is 2.14. The fourth-order valence-corrected chi connectivity index (χ4v) is 0.200. The highest BCUT2D eigenvalue weighted by Gasteiger charge is 2.16. The van der Waals surface area contributed by atoms with E-state index < -0.39 is 4.87 Å². The Morgan fingerprint density at radius 2 is 2.43 bits per heavy atom. The summed E-state index contributed by atoms with van der Waals surface area (Å²) >= 11 is 7.61. The summed E-state index contributed by atoms with van der Waals surface area (Å²) in [7, 11) is 0. The van der Waals surface area contributed by atoms with Gasteiger partial charge in [0.15, 0.2) is 0 Å². The molecule has 0 aliphatic rings. The molecular formula is C4H5ClIN. The Hall–Kier alpha value is 0.510. The molecule has 0 aromatic heterocycles. The summed E-state index contributed by atoms with van der Waals surface area (Å²) in [6.07, 6.45) is 0. The van der Waals surface area contributed by atoms with Crippen molar-refractivity contribution < 1.29 is 0 Å². The van der Waals surface area contributed by atoms with Crippen LogP contribution in [0.3, 0.4) is 0 Å². The van der Waals surface area contributed by atoms with Crippen LogP contribution >= 0.6 is 34.2 Å². The second-order valence-electron chi connectivity index (χ2n) is 1.44. The van der Waals surface area contributed by atoms with E-state index in [-0.39, 0.29) is 0 Å². The van der Waals surface area contributed by atoms with E-state index in [1.165, 1.54) is 0 Å². The first-order valence-corrected chi connectivity index (χ1v) is 3.69. The first-order chi connectivity index (χ1) is 3.12. The van der Waals surface area contributed by atoms with Crippen LogP contribution in [0.2, 0.25) is 0 Å². The fraction of sp³-hybridized carbons (Fsp3) is 0.750. The fourth-order valence-electron chi connectivity index (χ4n) is 0.0299. The van der Waals surface area contributed by atoms with Gasteiger partial charge in [0.2, 0.25) is 0 Å². The van der Waals surface area contributed by atoms with Gasteiger partial charge >= 0.3 is 0 Å². The van der Waals surface area contributed by atoms with Crippen molar-refractivity contribution in [2.75, 3.05) is 4.43 Å². The van der Waals surface area contributed by atoms with Crippen LogP contribution in [0.25, 0.3) is 0 Å². The molecule has 0 unspecified atom stereocenters. The Labute approximate surface area is 61.8 Å². The molecule has 1 nitrogen and oxygen atoms in total. The van der Waals surface area contributed by atoms with Gasteiger partial charge in [0.05, 0.1) is 6.07 Å². The zero-order valence-corrected chi connectivity index (χ0v) is 6.82. The van der Waals surface area contributed by atoms with Crippen molar-refractivity contribution in [2.24, 2.45) is 0 Å². The average Bonchev–Trinajstić information content (AvgIpc) is 1.68. The number of alkyl halides is 2. The van der Waals surface area contributed by atoms with Gasteiger partial charge in [0.25, 0.3) is 0 Å². The molecular weight excluding hydrogens is 224 g/mol. The van der Waals surface area contributed by atoms with Crippen molar-refractivity contribution >= 4 is 34.2 Å². The van der Waals surface area contributed by atoms with Crippen molar-refractivity contribution in [1.29, 1.82) is 5.26 Å². The summed E-state index contributed by atoms with van der Waals surface area (Å²) in [5, 5.41) is 8.21. The summed E-state index contributed by atoms with van der Waals surface area (Å²) < 4.78 is 0.669. The minimum atomic E-state index is -0.652. The molecule has 0 aromatic carbocycles. The lowest BCUT2D eigenvalue weighted by Crippen LogP contribution is -2.13. The molecule has 0 rings (SSSR count). The Morgan fingerprint density at radius 1 is 2.00 bits per heavy atom. The second-order valence-corrected chi connectivity index (χ2v) is 3.04. The number of hydrogen-bond donors (Lipinski definition) is 0. The molecule has 0 aliphatic heterocycles. The van der Waals surface area contributed by atoms with E-state index in [1.807, 2.05) is 6.07 Å². The van der Waals surface area contributed by atoms with Crippen LogP contribution in [0.5, 0.6) is 0 Å². The zero-order valence-electron chi connectivity index (χ0n) is 3.91. The molecule has 0 heterocycles. The molecule has 0 N–H and O–H groups in total. The number of nitriles is 1. The van der Waals surface area contributed by atoms with Gasteiger partial charge in [0.1, 0.15) is 4.87 Å². The SMILES string of the molecule is C[C@](Cl)(C#N)CI. The molecule has 0 amide bonds. The van der Waals surface area contributed by atoms with Crippen LogP contribution in [0, 0.1) is 11.3 Å². The number of nitrogens with zero attached hydrogens (tertiary/aromatic N) is 1. The summed E-state index contributed by atoms with van der Waals surface area (Å²) in [4.78, 5) is -0.652. The van der Waals surface area contributed by atoms with E-state index in [4.69, 9.17) is 16.9 Å². The van der Waals surface area contributed by atoms with Crippen molar-refractivity contribution in [3.05, 3.63) is 0 Å². The van der Waals surface area contributed by atoms with E-state index in [9.17, 15) is 0 Å². The van der Waals surface area contributed by atoms with E-state index in [0.29, 0.717) is 4.43 Å². The summed E-state index contributed by atoms with van der Waals surface area (Å²) in [5.74, 6) is 0. The predicted octanol–water partition coefficient (Wildman–Crippen LogP) is 1.94. The first-order valence-electron chi connectivity index (χ1n) is 1.78. The third kappa shape index (κ3) is 3.12. The van der Waals surface area contributed by atoms with E-state index in [2.05, 4.69) is 22.6 Å². The molecule has 0 saturated heterocycles. The maximum absolute atomic E-state index is 8.21. The highest BCUT2D eigenvalue weighted by atomic mass is 127. The van der Waals surface area contributed by atoms with Gasteiger partial charge in [-0.05, 0) is 6.92 Å². The molecule has 0 saturated carbocycles. The van der Waals surface area contributed by atoms with Crippen molar-refractivity contribution in [3.63, 3.8) is 0 Å². The van der Waals surface area contributed by atoms with Gasteiger partial charge in [-0.15, -0.1) is 11.6 Å². The van der Waals surface area contributed by atoms with Gasteiger partial charge in [-0.25, -0.2) is 0 Å². The van der Waals surface area contributed by atoms with Crippen molar-refractivity contribution in [1.82, 2.24) is 0 Å².